The molecule has 6 nitrogen and oxygen atoms in total. The van der Waals surface area contributed by atoms with Crippen LogP contribution < -0.4 is 5.32 Å². The van der Waals surface area contributed by atoms with Crippen molar-refractivity contribution in [1.82, 2.24) is 10.2 Å². The number of nitrogens with one attached hydrogen (secondary N) is 1. The molecule has 1 rings (SSSR count). The largest absolute Gasteiger partial charge is 0.480 e. The number of amides is 1. The first-order valence-electron chi connectivity index (χ1n) is 7.10. The molecule has 0 unspecified atom stereocenters. The number of carbonyl (C=O) groups excluding carboxylic acids is 1. The van der Waals surface area contributed by atoms with E-state index in [0.29, 0.717) is 0 Å². The van der Waals surface area contributed by atoms with Crippen LogP contribution in [0.2, 0.25) is 0 Å². The summed E-state index contributed by atoms with van der Waals surface area (Å²) >= 11 is 0. The van der Waals surface area contributed by atoms with Crippen LogP contribution in [0.1, 0.15) is 47.0 Å². The third-order valence-corrected chi connectivity index (χ3v) is 3.49. The fourth-order valence-electron chi connectivity index (χ4n) is 2.27. The average molecular weight is 286 g/mol. The van der Waals surface area contributed by atoms with Crippen molar-refractivity contribution in [2.24, 2.45) is 0 Å². The van der Waals surface area contributed by atoms with E-state index in [1.54, 1.807) is 27.7 Å². The number of carboxylic acid groups (broad SMARTS) is 1. The monoisotopic (exact) mass is 286 g/mol. The van der Waals surface area contributed by atoms with Crippen LogP contribution in [0.4, 0.5) is 4.79 Å². The maximum absolute atomic E-state index is 11.7. The van der Waals surface area contributed by atoms with Crippen LogP contribution >= 0.6 is 0 Å². The summed E-state index contributed by atoms with van der Waals surface area (Å²) in [5, 5.41) is 12.1. The van der Waals surface area contributed by atoms with Crippen molar-refractivity contribution in [3.63, 3.8) is 0 Å². The molecule has 0 bridgehead atoms. The second kappa shape index (κ2) is 6.43. The summed E-state index contributed by atoms with van der Waals surface area (Å²) < 4.78 is 5.14. The van der Waals surface area contributed by atoms with Gasteiger partial charge in [-0.25, -0.2) is 4.79 Å². The smallest absolute Gasteiger partial charge is 0.407 e. The molecule has 0 aromatic carbocycles. The van der Waals surface area contributed by atoms with Crippen molar-refractivity contribution in [2.45, 2.75) is 58.1 Å². The fraction of sp³-hybridized carbons (Fsp3) is 0.857. The Morgan fingerprint density at radius 2 is 1.70 bits per heavy atom. The van der Waals surface area contributed by atoms with Gasteiger partial charge in [-0.15, -0.1) is 0 Å². The van der Waals surface area contributed by atoms with E-state index in [4.69, 9.17) is 4.74 Å². The normalized spacial score (nSPS) is 20.0. The molecular formula is C14H26N2O4. The maximum Gasteiger partial charge on any atom is 0.407 e. The highest BCUT2D eigenvalue weighted by atomic mass is 16.6. The Kier molecular flexibility index (Phi) is 5.39. The van der Waals surface area contributed by atoms with E-state index in [1.165, 1.54) is 0 Å². The van der Waals surface area contributed by atoms with E-state index in [9.17, 15) is 14.7 Å². The lowest BCUT2D eigenvalue weighted by Gasteiger charge is -2.40. The zero-order valence-electron chi connectivity index (χ0n) is 12.9. The zero-order valence-corrected chi connectivity index (χ0v) is 12.9. The van der Waals surface area contributed by atoms with Gasteiger partial charge < -0.3 is 15.2 Å². The number of hydrogen-bond donors (Lipinski definition) is 2. The second-order valence-electron chi connectivity index (χ2n) is 6.48. The SMILES string of the molecule is CC(C)(C)OC(=O)NC[C@@](C)(C(=O)O)N1CCCCC1. The van der Waals surface area contributed by atoms with Gasteiger partial charge >= 0.3 is 12.1 Å². The van der Waals surface area contributed by atoms with Crippen molar-refractivity contribution < 1.29 is 19.4 Å². The molecule has 2 N–H and O–H groups in total. The molecule has 116 valence electrons. The summed E-state index contributed by atoms with van der Waals surface area (Å²) in [5.41, 5.74) is -1.67. The van der Waals surface area contributed by atoms with Crippen LogP contribution in [0.25, 0.3) is 0 Å². The highest BCUT2D eigenvalue weighted by molar-refractivity contribution is 5.79. The number of alkyl carbamates (subject to hydrolysis) is 1. The molecule has 0 aromatic heterocycles. The first kappa shape index (κ1) is 16.8. The molecule has 0 radical (unpaired) electrons. The molecule has 0 saturated carbocycles. The van der Waals surface area contributed by atoms with E-state index in [2.05, 4.69) is 5.32 Å². The number of rotatable bonds is 4. The number of aliphatic carboxylic acids is 1. The summed E-state index contributed by atoms with van der Waals surface area (Å²) in [5.74, 6) is -0.921. The first-order chi connectivity index (χ1) is 9.15. The summed E-state index contributed by atoms with van der Waals surface area (Å²) in [6, 6.07) is 0. The standard InChI is InChI=1S/C14H26N2O4/c1-13(2,3)20-12(19)15-10-14(4,11(17)18)16-8-6-5-7-9-16/h5-10H2,1-4H3,(H,15,19)(H,17,18)/t14-/m0/s1. The van der Waals surface area contributed by atoms with Gasteiger partial charge in [0.25, 0.3) is 0 Å². The third kappa shape index (κ3) is 4.67. The molecule has 1 aliphatic heterocycles. The number of nitrogens with zero attached hydrogens (tertiary/aromatic N) is 1. The minimum absolute atomic E-state index is 0.0389. The number of likely N-dealkylation sites (tertiary alicyclic amines) is 1. The molecule has 1 atom stereocenters. The average Bonchev–Trinajstić information content (AvgIpc) is 2.34. The summed E-state index contributed by atoms with van der Waals surface area (Å²) in [7, 11) is 0. The minimum atomic E-state index is -1.09. The van der Waals surface area contributed by atoms with Crippen molar-refractivity contribution in [1.29, 1.82) is 0 Å². The predicted octanol–water partition coefficient (Wildman–Crippen LogP) is 1.84. The van der Waals surface area contributed by atoms with Crippen LogP contribution in [0.5, 0.6) is 0 Å². The lowest BCUT2D eigenvalue weighted by molar-refractivity contribution is -0.150. The molecule has 0 aromatic rings. The van der Waals surface area contributed by atoms with Gasteiger partial charge in [-0.2, -0.15) is 0 Å². The molecular weight excluding hydrogens is 260 g/mol. The topological polar surface area (TPSA) is 78.9 Å². The summed E-state index contributed by atoms with van der Waals surface area (Å²) in [4.78, 5) is 25.2. The van der Waals surface area contributed by atoms with Crippen molar-refractivity contribution >= 4 is 12.1 Å². The van der Waals surface area contributed by atoms with Crippen molar-refractivity contribution in [2.75, 3.05) is 19.6 Å². The Morgan fingerprint density at radius 3 is 2.15 bits per heavy atom. The molecule has 1 amide bonds. The maximum atomic E-state index is 11.7. The van der Waals surface area contributed by atoms with E-state index >= 15 is 0 Å². The Labute approximate surface area is 120 Å². The van der Waals surface area contributed by atoms with E-state index in [1.807, 2.05) is 4.90 Å². The Balaban J connectivity index is 2.62. The lowest BCUT2D eigenvalue weighted by Crippen LogP contribution is -2.60. The molecule has 0 aliphatic carbocycles. The van der Waals surface area contributed by atoms with Crippen LogP contribution in [-0.4, -0.2) is 52.8 Å². The number of hydrogen-bond acceptors (Lipinski definition) is 4. The zero-order chi connectivity index (χ0) is 15.4. The van der Waals surface area contributed by atoms with Gasteiger partial charge in [0.15, 0.2) is 0 Å². The number of piperidine rings is 1. The van der Waals surface area contributed by atoms with Crippen LogP contribution in [0.3, 0.4) is 0 Å². The number of carboxylic acids is 1. The molecule has 20 heavy (non-hydrogen) atoms. The molecule has 1 fully saturated rings. The molecule has 1 heterocycles. The predicted molar refractivity (Wildman–Crippen MR) is 75.7 cm³/mol. The fourth-order valence-corrected chi connectivity index (χ4v) is 2.27. The van der Waals surface area contributed by atoms with Crippen LogP contribution in [-0.2, 0) is 9.53 Å². The quantitative estimate of drug-likeness (QED) is 0.824. The van der Waals surface area contributed by atoms with Gasteiger partial charge in [0.05, 0.1) is 0 Å². The van der Waals surface area contributed by atoms with Gasteiger partial charge in [-0.3, -0.25) is 9.69 Å². The van der Waals surface area contributed by atoms with Gasteiger partial charge in [0.1, 0.15) is 11.1 Å². The molecule has 6 heteroatoms. The molecule has 1 saturated heterocycles. The van der Waals surface area contributed by atoms with Crippen molar-refractivity contribution in [3.05, 3.63) is 0 Å². The van der Waals surface area contributed by atoms with Crippen LogP contribution in [0, 0.1) is 0 Å². The molecule has 0 spiro atoms. The Bertz CT molecular complexity index is 359. The minimum Gasteiger partial charge on any atom is -0.480 e. The summed E-state index contributed by atoms with van der Waals surface area (Å²) in [6.45, 7) is 8.50. The van der Waals surface area contributed by atoms with E-state index in [-0.39, 0.29) is 6.54 Å². The number of carbonyl (C=O) groups is 2. The third-order valence-electron chi connectivity index (χ3n) is 3.49. The highest BCUT2D eigenvalue weighted by Crippen LogP contribution is 2.21. The van der Waals surface area contributed by atoms with Crippen LogP contribution in [0.15, 0.2) is 0 Å². The summed E-state index contributed by atoms with van der Waals surface area (Å²) in [6.07, 6.45) is 2.54. The van der Waals surface area contributed by atoms with Gasteiger partial charge in [-0.1, -0.05) is 6.42 Å². The van der Waals surface area contributed by atoms with Gasteiger partial charge in [0.2, 0.25) is 0 Å². The lowest BCUT2D eigenvalue weighted by atomic mass is 9.96. The second-order valence-corrected chi connectivity index (χ2v) is 6.48. The first-order valence-corrected chi connectivity index (χ1v) is 7.10. The van der Waals surface area contributed by atoms with Crippen molar-refractivity contribution in [3.8, 4) is 0 Å². The molecule has 1 aliphatic rings. The highest BCUT2D eigenvalue weighted by Gasteiger charge is 2.40. The van der Waals surface area contributed by atoms with Gasteiger partial charge in [-0.05, 0) is 53.6 Å². The Morgan fingerprint density at radius 1 is 1.15 bits per heavy atom. The number of ether oxygens (including phenoxy) is 1. The van der Waals surface area contributed by atoms with E-state index in [0.717, 1.165) is 32.4 Å². The van der Waals surface area contributed by atoms with Gasteiger partial charge in [0, 0.05) is 6.54 Å². The Hall–Kier alpha value is -1.30. The van der Waals surface area contributed by atoms with E-state index < -0.39 is 23.2 Å².